The van der Waals surface area contributed by atoms with Crippen molar-refractivity contribution in [2.75, 3.05) is 0 Å². The minimum Gasteiger partial charge on any atom is -0.566 e. The van der Waals surface area contributed by atoms with Gasteiger partial charge in [0.05, 0.1) is 0 Å². The van der Waals surface area contributed by atoms with Gasteiger partial charge >= 0.3 is 8.05 Å². The predicted molar refractivity (Wildman–Crippen MR) is 83.7 cm³/mol. The van der Waals surface area contributed by atoms with E-state index in [2.05, 4.69) is 16.0 Å². The Morgan fingerprint density at radius 1 is 1.27 bits per heavy atom. The van der Waals surface area contributed by atoms with Crippen molar-refractivity contribution < 1.29 is 9.07 Å². The largest absolute Gasteiger partial charge is 0.566 e. The Labute approximate surface area is 131 Å². The third-order valence-electron chi connectivity index (χ3n) is 3.60. The van der Waals surface area contributed by atoms with E-state index in [0.717, 1.165) is 16.8 Å². The lowest BCUT2D eigenvalue weighted by Gasteiger charge is -2.16. The lowest BCUT2D eigenvalue weighted by molar-refractivity contribution is 0.494. The van der Waals surface area contributed by atoms with Gasteiger partial charge in [-0.05, 0) is 38.8 Å². The quantitative estimate of drug-likeness (QED) is 0.494. The van der Waals surface area contributed by atoms with Crippen LogP contribution in [0.4, 0.5) is 0 Å². The van der Waals surface area contributed by atoms with Gasteiger partial charge in [-0.2, -0.15) is 5.26 Å². The summed E-state index contributed by atoms with van der Waals surface area (Å²) in [6.07, 6.45) is 1.78. The maximum Gasteiger partial charge on any atom is 0.374 e. The molecule has 0 unspecified atom stereocenters. The number of nitriles is 1. The van der Waals surface area contributed by atoms with Crippen molar-refractivity contribution in [1.29, 1.82) is 5.26 Å². The first-order valence-electron chi connectivity index (χ1n) is 6.79. The van der Waals surface area contributed by atoms with E-state index in [0.29, 0.717) is 22.9 Å². The molecule has 6 heteroatoms. The van der Waals surface area contributed by atoms with E-state index in [1.54, 1.807) is 20.0 Å². The van der Waals surface area contributed by atoms with Gasteiger partial charge in [0.25, 0.3) is 0 Å². The second kappa shape index (κ2) is 6.06. The van der Waals surface area contributed by atoms with Crippen molar-refractivity contribution in [1.82, 2.24) is 9.97 Å². The molecule has 110 valence electrons. The van der Waals surface area contributed by atoms with Crippen LogP contribution in [0.3, 0.4) is 0 Å². The van der Waals surface area contributed by atoms with Crippen LogP contribution < -0.4 is 0 Å². The van der Waals surface area contributed by atoms with E-state index in [9.17, 15) is 5.26 Å². The van der Waals surface area contributed by atoms with Crippen LogP contribution in [0, 0.1) is 45.9 Å². The first kappa shape index (κ1) is 15.8. The summed E-state index contributed by atoms with van der Waals surface area (Å²) in [6.45, 7) is 9.19. The van der Waals surface area contributed by atoms with Gasteiger partial charge in [-0.1, -0.05) is 0 Å². The Balaban J connectivity index is 2.81. The average Bonchev–Trinajstić information content (AvgIpc) is 2.81. The normalized spacial score (nSPS) is 11.8. The molecule has 2 rings (SSSR count). The Bertz CT molecular complexity index is 800. The van der Waals surface area contributed by atoms with Crippen LogP contribution in [0.25, 0.3) is 11.3 Å². The maximum absolute atomic E-state index is 9.58. The van der Waals surface area contributed by atoms with E-state index < -0.39 is 0 Å². The smallest absolute Gasteiger partial charge is 0.374 e. The third-order valence-corrected chi connectivity index (χ3v) is 3.60. The molecule has 0 fully saturated rings. The first-order chi connectivity index (χ1) is 10.4. The highest BCUT2D eigenvalue weighted by atomic mass is 16.4. The molecule has 0 aromatic carbocycles. The summed E-state index contributed by atoms with van der Waals surface area (Å²) in [5.41, 5.74) is 4.04. The topological polar surface area (TPSA) is 71.9 Å². The molecule has 0 aliphatic carbocycles. The molecule has 0 aliphatic rings. The Kier molecular flexibility index (Phi) is 4.36. The number of rotatable bonds is 3. The van der Waals surface area contributed by atoms with Gasteiger partial charge in [-0.15, -0.1) is 0 Å². The summed E-state index contributed by atoms with van der Waals surface area (Å²) < 4.78 is 10.5. The second-order valence-corrected chi connectivity index (χ2v) is 5.10. The molecule has 2 radical (unpaired) electrons. The SMILES string of the molecule is [B]OC(=C(C#N)c1nc(C)oc1C)c1c(C)ncc(C)c1C. The zero-order valence-corrected chi connectivity index (χ0v) is 13.3. The van der Waals surface area contributed by atoms with Crippen LogP contribution in [0.1, 0.15) is 39.7 Å². The summed E-state index contributed by atoms with van der Waals surface area (Å²) in [4.78, 5) is 8.58. The van der Waals surface area contributed by atoms with Crippen molar-refractivity contribution in [3.63, 3.8) is 0 Å². The number of hydrogen-bond acceptors (Lipinski definition) is 5. The average molecular weight is 293 g/mol. The van der Waals surface area contributed by atoms with Crippen molar-refractivity contribution in [3.8, 4) is 6.07 Å². The molecule has 0 atom stereocenters. The number of nitrogens with zero attached hydrogens (tertiary/aromatic N) is 3. The summed E-state index contributed by atoms with van der Waals surface area (Å²) in [7, 11) is 5.47. The summed E-state index contributed by atoms with van der Waals surface area (Å²) >= 11 is 0. The van der Waals surface area contributed by atoms with E-state index in [1.165, 1.54) is 0 Å². The first-order valence-corrected chi connectivity index (χ1v) is 6.79. The van der Waals surface area contributed by atoms with Crippen LogP contribution in [0.2, 0.25) is 0 Å². The van der Waals surface area contributed by atoms with Crippen LogP contribution in [-0.4, -0.2) is 18.0 Å². The van der Waals surface area contributed by atoms with E-state index in [-0.39, 0.29) is 11.3 Å². The highest BCUT2D eigenvalue weighted by Gasteiger charge is 2.21. The zero-order chi connectivity index (χ0) is 16.4. The molecular weight excluding hydrogens is 277 g/mol. The van der Waals surface area contributed by atoms with E-state index in [1.807, 2.05) is 20.8 Å². The van der Waals surface area contributed by atoms with Crippen molar-refractivity contribution >= 4 is 19.4 Å². The van der Waals surface area contributed by atoms with Crippen molar-refractivity contribution in [2.45, 2.75) is 34.6 Å². The van der Waals surface area contributed by atoms with Gasteiger partial charge in [-0.3, -0.25) is 4.98 Å². The molecule has 0 N–H and O–H groups in total. The molecule has 0 saturated carbocycles. The van der Waals surface area contributed by atoms with Crippen LogP contribution in [-0.2, 0) is 4.65 Å². The van der Waals surface area contributed by atoms with Crippen molar-refractivity contribution in [2.24, 2.45) is 0 Å². The molecule has 0 saturated heterocycles. The molecular formula is C16H16BN3O2. The highest BCUT2D eigenvalue weighted by molar-refractivity contribution is 6.06. The summed E-state index contributed by atoms with van der Waals surface area (Å²) in [5, 5.41) is 9.58. The minimum atomic E-state index is 0.232. The fourth-order valence-electron chi connectivity index (χ4n) is 2.37. The summed E-state index contributed by atoms with van der Waals surface area (Å²) in [6, 6.07) is 2.12. The molecule has 2 aromatic rings. The highest BCUT2D eigenvalue weighted by Crippen LogP contribution is 2.32. The number of allylic oxidation sites excluding steroid dienone is 1. The van der Waals surface area contributed by atoms with Gasteiger partial charge in [0.15, 0.2) is 5.89 Å². The lowest BCUT2D eigenvalue weighted by atomic mass is 9.97. The molecule has 0 bridgehead atoms. The standard InChI is InChI=1S/C16H16BN3O2/c1-8-7-19-10(3)14(9(8)2)16(22-17)13(6-18)15-11(4)21-12(5)20-15/h7H,1-5H3. The molecule has 0 aliphatic heterocycles. The molecule has 2 heterocycles. The van der Waals surface area contributed by atoms with Crippen LogP contribution >= 0.6 is 0 Å². The summed E-state index contributed by atoms with van der Waals surface area (Å²) in [5.74, 6) is 1.28. The minimum absolute atomic E-state index is 0.232. The van der Waals surface area contributed by atoms with E-state index >= 15 is 0 Å². The van der Waals surface area contributed by atoms with Gasteiger partial charge in [0, 0.05) is 24.4 Å². The fourth-order valence-corrected chi connectivity index (χ4v) is 2.37. The second-order valence-electron chi connectivity index (χ2n) is 5.10. The van der Waals surface area contributed by atoms with Crippen LogP contribution in [0.5, 0.6) is 0 Å². The van der Waals surface area contributed by atoms with Gasteiger partial charge in [0.2, 0.25) is 0 Å². The predicted octanol–water partition coefficient (Wildman–Crippen LogP) is 3.10. The Morgan fingerprint density at radius 2 is 1.95 bits per heavy atom. The number of aromatic nitrogens is 2. The third kappa shape index (κ3) is 2.62. The maximum atomic E-state index is 9.58. The van der Waals surface area contributed by atoms with Gasteiger partial charge < -0.3 is 9.07 Å². The monoisotopic (exact) mass is 293 g/mol. The number of aryl methyl sites for hydroxylation is 4. The number of oxazole rings is 1. The number of hydrogen-bond donors (Lipinski definition) is 0. The number of pyridine rings is 1. The molecule has 5 nitrogen and oxygen atoms in total. The van der Waals surface area contributed by atoms with E-state index in [4.69, 9.17) is 17.1 Å². The fraction of sp³-hybridized carbons (Fsp3) is 0.312. The zero-order valence-electron chi connectivity index (χ0n) is 13.3. The van der Waals surface area contributed by atoms with Crippen molar-refractivity contribution in [3.05, 3.63) is 45.9 Å². The molecule has 22 heavy (non-hydrogen) atoms. The van der Waals surface area contributed by atoms with Gasteiger partial charge in [0.1, 0.15) is 28.9 Å². The molecule has 2 aromatic heterocycles. The van der Waals surface area contributed by atoms with Gasteiger partial charge in [-0.25, -0.2) is 4.98 Å². The Hall–Kier alpha value is -2.55. The lowest BCUT2D eigenvalue weighted by Crippen LogP contribution is -2.03. The Morgan fingerprint density at radius 3 is 2.45 bits per heavy atom. The molecule has 0 amide bonds. The van der Waals surface area contributed by atoms with Crippen LogP contribution in [0.15, 0.2) is 10.6 Å². The molecule has 0 spiro atoms.